The quantitative estimate of drug-likeness (QED) is 0.364. The van der Waals surface area contributed by atoms with Gasteiger partial charge in [-0.15, -0.1) is 0 Å². The van der Waals surface area contributed by atoms with Crippen LogP contribution in [-0.2, 0) is 29.0 Å². The monoisotopic (exact) mass is 596 g/mol. The largest absolute Gasteiger partial charge is 0.471 e. The van der Waals surface area contributed by atoms with Crippen molar-refractivity contribution in [1.82, 2.24) is 20.9 Å². The average Bonchev–Trinajstić information content (AvgIpc) is 3.50. The van der Waals surface area contributed by atoms with E-state index in [4.69, 9.17) is 0 Å². The summed E-state index contributed by atoms with van der Waals surface area (Å²) in [5.74, 6) is -5.25. The Hall–Kier alpha value is -2.71. The lowest BCUT2D eigenvalue weighted by atomic mass is 9.85. The lowest BCUT2D eigenvalue weighted by Gasteiger charge is -2.36. The number of fused-ring (bicyclic) bond motifs is 1. The highest BCUT2D eigenvalue weighted by Gasteiger charge is 2.53. The molecule has 0 radical (unpaired) electrons. The number of nitrogens with one attached hydrogen (secondary N) is 3. The zero-order valence-corrected chi connectivity index (χ0v) is 23.6. The minimum absolute atomic E-state index is 0.0826. The molecule has 0 aromatic carbocycles. The number of hydrogen-bond donors (Lipinski definition) is 3. The van der Waals surface area contributed by atoms with E-state index in [0.717, 1.165) is 6.42 Å². The van der Waals surface area contributed by atoms with E-state index < -0.39 is 68.4 Å². The SMILES string of the molecule is CC(C)(C)[C@H](NC(=O)C(F)(F)F)C(=O)N1C[C@H]2CCC[C@H]2[C@@H]1C(=O)N[C@@H](/C=C(\F)S(C)(=O)=O)C[C@H]1CCNC1=O. The fraction of sp³-hybridized carbons (Fsp3) is 0.760. The third kappa shape index (κ3) is 7.32. The first-order chi connectivity index (χ1) is 18.3. The molecule has 2 aliphatic heterocycles. The molecule has 10 nitrogen and oxygen atoms in total. The summed E-state index contributed by atoms with van der Waals surface area (Å²) in [6.45, 7) is 4.91. The van der Waals surface area contributed by atoms with Crippen LogP contribution in [-0.4, -0.2) is 80.6 Å². The van der Waals surface area contributed by atoms with Gasteiger partial charge in [-0.05, 0) is 49.0 Å². The molecule has 226 valence electrons. The zero-order valence-electron chi connectivity index (χ0n) is 22.8. The highest BCUT2D eigenvalue weighted by molar-refractivity contribution is 7.94. The number of sulfone groups is 1. The summed E-state index contributed by atoms with van der Waals surface area (Å²) in [5.41, 5.74) is -1.14. The maximum absolute atomic E-state index is 14.5. The van der Waals surface area contributed by atoms with Crippen LogP contribution in [0.3, 0.4) is 0 Å². The highest BCUT2D eigenvalue weighted by Crippen LogP contribution is 2.43. The maximum atomic E-state index is 14.5. The van der Waals surface area contributed by atoms with E-state index in [2.05, 4.69) is 10.6 Å². The predicted octanol–water partition coefficient (Wildman–Crippen LogP) is 1.57. The van der Waals surface area contributed by atoms with E-state index in [9.17, 15) is 45.2 Å². The molecule has 40 heavy (non-hydrogen) atoms. The third-order valence-corrected chi connectivity index (χ3v) is 8.65. The van der Waals surface area contributed by atoms with Gasteiger partial charge in [-0.2, -0.15) is 17.6 Å². The second kappa shape index (κ2) is 11.6. The first-order valence-electron chi connectivity index (χ1n) is 13.1. The number of carbonyl (C=O) groups excluding carboxylic acids is 4. The Morgan fingerprint density at radius 2 is 1.77 bits per heavy atom. The van der Waals surface area contributed by atoms with Crippen molar-refractivity contribution < 1.29 is 45.2 Å². The number of amides is 4. The van der Waals surface area contributed by atoms with Crippen LogP contribution in [0, 0.1) is 23.2 Å². The summed E-state index contributed by atoms with van der Waals surface area (Å²) in [7, 11) is -4.24. The molecule has 4 amide bonds. The van der Waals surface area contributed by atoms with Crippen molar-refractivity contribution >= 4 is 33.5 Å². The first-order valence-corrected chi connectivity index (χ1v) is 15.0. The van der Waals surface area contributed by atoms with E-state index >= 15 is 0 Å². The summed E-state index contributed by atoms with van der Waals surface area (Å²) >= 11 is 0. The van der Waals surface area contributed by atoms with Crippen LogP contribution >= 0.6 is 0 Å². The Balaban J connectivity index is 1.91. The summed E-state index contributed by atoms with van der Waals surface area (Å²) in [6.07, 6.45) is -1.55. The van der Waals surface area contributed by atoms with Crippen LogP contribution in [0.2, 0.25) is 0 Å². The number of hydrogen-bond acceptors (Lipinski definition) is 6. The molecule has 1 saturated carbocycles. The second-order valence-electron chi connectivity index (χ2n) is 11.9. The molecule has 0 unspecified atom stereocenters. The Morgan fingerprint density at radius 3 is 2.30 bits per heavy atom. The van der Waals surface area contributed by atoms with Gasteiger partial charge in [0.2, 0.25) is 32.7 Å². The fourth-order valence-electron chi connectivity index (χ4n) is 5.79. The predicted molar refractivity (Wildman–Crippen MR) is 135 cm³/mol. The van der Waals surface area contributed by atoms with Crippen LogP contribution in [0.15, 0.2) is 11.2 Å². The van der Waals surface area contributed by atoms with Gasteiger partial charge < -0.3 is 20.9 Å². The normalized spacial score (nSPS) is 27.1. The van der Waals surface area contributed by atoms with Crippen molar-refractivity contribution in [2.75, 3.05) is 19.3 Å². The zero-order chi connectivity index (χ0) is 30.2. The van der Waals surface area contributed by atoms with E-state index in [1.54, 1.807) is 5.32 Å². The number of halogens is 4. The minimum Gasteiger partial charge on any atom is -0.356 e. The van der Waals surface area contributed by atoms with Crippen molar-refractivity contribution in [3.05, 3.63) is 11.2 Å². The smallest absolute Gasteiger partial charge is 0.356 e. The van der Waals surface area contributed by atoms with Gasteiger partial charge in [0, 0.05) is 25.3 Å². The molecular formula is C25H36F4N4O6S. The van der Waals surface area contributed by atoms with Crippen LogP contribution in [0.4, 0.5) is 17.6 Å². The molecule has 1 aliphatic carbocycles. The van der Waals surface area contributed by atoms with Crippen LogP contribution < -0.4 is 16.0 Å². The van der Waals surface area contributed by atoms with Crippen LogP contribution in [0.5, 0.6) is 0 Å². The van der Waals surface area contributed by atoms with Crippen LogP contribution in [0.25, 0.3) is 0 Å². The Kier molecular flexibility index (Phi) is 9.26. The van der Waals surface area contributed by atoms with Crippen molar-refractivity contribution in [3.8, 4) is 0 Å². The lowest BCUT2D eigenvalue weighted by Crippen LogP contribution is -2.60. The molecular weight excluding hydrogens is 560 g/mol. The summed E-state index contributed by atoms with van der Waals surface area (Å²) < 4.78 is 77.1. The van der Waals surface area contributed by atoms with Gasteiger partial charge in [0.25, 0.3) is 0 Å². The Labute approximate surface area is 230 Å². The van der Waals surface area contributed by atoms with Gasteiger partial charge in [-0.3, -0.25) is 19.2 Å². The van der Waals surface area contributed by atoms with Gasteiger partial charge in [0.1, 0.15) is 12.1 Å². The van der Waals surface area contributed by atoms with Crippen molar-refractivity contribution in [3.63, 3.8) is 0 Å². The van der Waals surface area contributed by atoms with Gasteiger partial charge in [-0.25, -0.2) is 8.42 Å². The average molecular weight is 597 g/mol. The molecule has 0 bridgehead atoms. The summed E-state index contributed by atoms with van der Waals surface area (Å²) in [5, 5.41) is 5.50. The van der Waals surface area contributed by atoms with Gasteiger partial charge in [-0.1, -0.05) is 27.2 Å². The lowest BCUT2D eigenvalue weighted by molar-refractivity contribution is -0.176. The van der Waals surface area contributed by atoms with Crippen LogP contribution in [0.1, 0.15) is 52.9 Å². The number of likely N-dealkylation sites (tertiary alicyclic amines) is 1. The first kappa shape index (κ1) is 31.8. The van der Waals surface area contributed by atoms with Crippen molar-refractivity contribution in [1.29, 1.82) is 0 Å². The number of alkyl halides is 3. The molecule has 2 heterocycles. The summed E-state index contributed by atoms with van der Waals surface area (Å²) in [4.78, 5) is 52.4. The molecule has 3 N–H and O–H groups in total. The standard InChI is InChI=1S/C25H36F4N4O6S/c1-24(2,3)19(32-23(37)25(27,28)29)22(36)33-12-14-6-5-7-16(14)18(33)21(35)31-15(11-17(26)40(4,38)39)10-13-8-9-30-20(13)34/h11,13-16,18-19H,5-10,12H2,1-4H3,(H,30,34)(H,31,35)(H,32,37)/b17-11+/t13-,14-,15-,16-,18-,19-/m1/s1. The van der Waals surface area contributed by atoms with Crippen molar-refractivity contribution in [2.24, 2.45) is 23.2 Å². The third-order valence-electron chi connectivity index (χ3n) is 7.80. The minimum atomic E-state index is -5.22. The topological polar surface area (TPSA) is 142 Å². The molecule has 3 fully saturated rings. The molecule has 6 atom stereocenters. The second-order valence-corrected chi connectivity index (χ2v) is 13.9. The maximum Gasteiger partial charge on any atom is 0.471 e. The van der Waals surface area contributed by atoms with Gasteiger partial charge in [0.05, 0.1) is 6.04 Å². The molecule has 0 aromatic rings. The Morgan fingerprint density at radius 1 is 1.12 bits per heavy atom. The molecule has 3 rings (SSSR count). The van der Waals surface area contributed by atoms with E-state index in [-0.39, 0.29) is 30.7 Å². The number of carbonyl (C=O) groups is 4. The van der Waals surface area contributed by atoms with E-state index in [1.165, 1.54) is 25.7 Å². The molecule has 3 aliphatic rings. The van der Waals surface area contributed by atoms with Crippen molar-refractivity contribution in [2.45, 2.75) is 77.2 Å². The molecule has 0 aromatic heterocycles. The molecule has 2 saturated heterocycles. The van der Waals surface area contributed by atoms with E-state index in [0.29, 0.717) is 38.1 Å². The number of nitrogens with zero attached hydrogens (tertiary/aromatic N) is 1. The molecule has 15 heteroatoms. The van der Waals surface area contributed by atoms with Gasteiger partial charge >= 0.3 is 12.1 Å². The highest BCUT2D eigenvalue weighted by atomic mass is 32.2. The van der Waals surface area contributed by atoms with Gasteiger partial charge in [0.15, 0.2) is 0 Å². The van der Waals surface area contributed by atoms with E-state index in [1.807, 2.05) is 0 Å². The fourth-order valence-corrected chi connectivity index (χ4v) is 6.20. The Bertz CT molecular complexity index is 1170. The molecule has 0 spiro atoms. The number of rotatable bonds is 8. The summed E-state index contributed by atoms with van der Waals surface area (Å²) in [6, 6.07) is -3.95.